The van der Waals surface area contributed by atoms with Crippen molar-refractivity contribution in [2.45, 2.75) is 26.2 Å². The SMILES string of the molecule is CCCCC(=O)Nc1ccc(OCC(N)=O)cc1. The van der Waals surface area contributed by atoms with Gasteiger partial charge >= 0.3 is 0 Å². The van der Waals surface area contributed by atoms with Crippen molar-refractivity contribution >= 4 is 17.5 Å². The average Bonchev–Trinajstić information content (AvgIpc) is 2.35. The zero-order valence-corrected chi connectivity index (χ0v) is 10.4. The molecule has 1 aromatic rings. The molecule has 2 amide bonds. The first-order valence-corrected chi connectivity index (χ1v) is 5.93. The summed E-state index contributed by atoms with van der Waals surface area (Å²) in [5.41, 5.74) is 5.67. The number of rotatable bonds is 7. The molecule has 0 fully saturated rings. The highest BCUT2D eigenvalue weighted by atomic mass is 16.5. The molecule has 18 heavy (non-hydrogen) atoms. The minimum Gasteiger partial charge on any atom is -0.484 e. The van der Waals surface area contributed by atoms with Crippen LogP contribution >= 0.6 is 0 Å². The van der Waals surface area contributed by atoms with Crippen LogP contribution in [0.3, 0.4) is 0 Å². The van der Waals surface area contributed by atoms with Crippen molar-refractivity contribution in [1.82, 2.24) is 0 Å². The predicted octanol–water partition coefficient (Wildman–Crippen LogP) is 1.68. The fourth-order valence-corrected chi connectivity index (χ4v) is 1.35. The normalized spacial score (nSPS) is 9.83. The molecule has 0 aliphatic heterocycles. The van der Waals surface area contributed by atoms with Gasteiger partial charge in [0.25, 0.3) is 5.91 Å². The van der Waals surface area contributed by atoms with Gasteiger partial charge in [-0.2, -0.15) is 0 Å². The van der Waals surface area contributed by atoms with Gasteiger partial charge in [0, 0.05) is 12.1 Å². The highest BCUT2D eigenvalue weighted by molar-refractivity contribution is 5.90. The van der Waals surface area contributed by atoms with Crippen molar-refractivity contribution in [3.8, 4) is 5.75 Å². The monoisotopic (exact) mass is 250 g/mol. The van der Waals surface area contributed by atoms with Crippen molar-refractivity contribution in [2.24, 2.45) is 5.73 Å². The highest BCUT2D eigenvalue weighted by Gasteiger charge is 2.02. The van der Waals surface area contributed by atoms with E-state index in [1.807, 2.05) is 6.92 Å². The molecule has 0 saturated heterocycles. The lowest BCUT2D eigenvalue weighted by Gasteiger charge is -2.07. The topological polar surface area (TPSA) is 81.4 Å². The number of ether oxygens (including phenoxy) is 1. The van der Waals surface area contributed by atoms with E-state index < -0.39 is 5.91 Å². The number of unbranched alkanes of at least 4 members (excludes halogenated alkanes) is 1. The maximum Gasteiger partial charge on any atom is 0.255 e. The molecule has 0 spiro atoms. The Hall–Kier alpha value is -2.04. The van der Waals surface area contributed by atoms with E-state index in [1.54, 1.807) is 24.3 Å². The Labute approximate surface area is 106 Å². The number of hydrogen-bond acceptors (Lipinski definition) is 3. The summed E-state index contributed by atoms with van der Waals surface area (Å²) in [4.78, 5) is 22.0. The second-order valence-electron chi connectivity index (χ2n) is 3.93. The first-order chi connectivity index (χ1) is 8.61. The van der Waals surface area contributed by atoms with Gasteiger partial charge in [-0.3, -0.25) is 9.59 Å². The molecule has 0 bridgehead atoms. The van der Waals surface area contributed by atoms with Gasteiger partial charge in [-0.1, -0.05) is 13.3 Å². The molecule has 3 N–H and O–H groups in total. The Kier molecular flexibility index (Phi) is 5.70. The first-order valence-electron chi connectivity index (χ1n) is 5.93. The summed E-state index contributed by atoms with van der Waals surface area (Å²) < 4.78 is 5.11. The lowest BCUT2D eigenvalue weighted by Crippen LogP contribution is -2.20. The number of carbonyl (C=O) groups is 2. The van der Waals surface area contributed by atoms with Crippen molar-refractivity contribution in [1.29, 1.82) is 0 Å². The lowest BCUT2D eigenvalue weighted by atomic mass is 10.2. The lowest BCUT2D eigenvalue weighted by molar-refractivity contribution is -0.120. The molecule has 0 aromatic heterocycles. The molecule has 0 aliphatic rings. The van der Waals surface area contributed by atoms with Gasteiger partial charge in [0.05, 0.1) is 0 Å². The summed E-state index contributed by atoms with van der Waals surface area (Å²) in [7, 11) is 0. The van der Waals surface area contributed by atoms with Crippen LogP contribution in [0.1, 0.15) is 26.2 Å². The smallest absolute Gasteiger partial charge is 0.255 e. The molecule has 98 valence electrons. The van der Waals surface area contributed by atoms with Crippen LogP contribution in [0.5, 0.6) is 5.75 Å². The second kappa shape index (κ2) is 7.32. The number of benzene rings is 1. The molecule has 0 saturated carbocycles. The average molecular weight is 250 g/mol. The minimum atomic E-state index is -0.521. The van der Waals surface area contributed by atoms with Gasteiger partial charge in [0.2, 0.25) is 5.91 Å². The van der Waals surface area contributed by atoms with Gasteiger partial charge in [0.1, 0.15) is 5.75 Å². The van der Waals surface area contributed by atoms with E-state index in [4.69, 9.17) is 10.5 Å². The number of nitrogens with one attached hydrogen (secondary N) is 1. The molecule has 0 heterocycles. The van der Waals surface area contributed by atoms with Crippen LogP contribution in [0, 0.1) is 0 Å². The van der Waals surface area contributed by atoms with Crippen molar-refractivity contribution in [2.75, 3.05) is 11.9 Å². The van der Waals surface area contributed by atoms with Crippen molar-refractivity contribution in [3.05, 3.63) is 24.3 Å². The summed E-state index contributed by atoms with van der Waals surface area (Å²) in [5, 5.41) is 2.78. The number of primary amides is 1. The fourth-order valence-electron chi connectivity index (χ4n) is 1.35. The van der Waals surface area contributed by atoms with Crippen LogP contribution in [-0.2, 0) is 9.59 Å². The maximum atomic E-state index is 11.5. The number of hydrogen-bond donors (Lipinski definition) is 2. The molecule has 0 radical (unpaired) electrons. The third kappa shape index (κ3) is 5.34. The van der Waals surface area contributed by atoms with Gasteiger partial charge in [-0.15, -0.1) is 0 Å². The molecule has 0 aliphatic carbocycles. The van der Waals surface area contributed by atoms with E-state index in [1.165, 1.54) is 0 Å². The summed E-state index contributed by atoms with van der Waals surface area (Å²) in [6.07, 6.45) is 2.40. The van der Waals surface area contributed by atoms with Crippen LogP contribution in [0.4, 0.5) is 5.69 Å². The second-order valence-corrected chi connectivity index (χ2v) is 3.93. The zero-order chi connectivity index (χ0) is 13.4. The van der Waals surface area contributed by atoms with E-state index in [9.17, 15) is 9.59 Å². The van der Waals surface area contributed by atoms with Crippen molar-refractivity contribution < 1.29 is 14.3 Å². The summed E-state index contributed by atoms with van der Waals surface area (Å²) >= 11 is 0. The van der Waals surface area contributed by atoms with E-state index >= 15 is 0 Å². The molecular weight excluding hydrogens is 232 g/mol. The Morgan fingerprint density at radius 1 is 1.28 bits per heavy atom. The van der Waals surface area contributed by atoms with Gasteiger partial charge < -0.3 is 15.8 Å². The Morgan fingerprint density at radius 3 is 2.50 bits per heavy atom. The number of anilines is 1. The van der Waals surface area contributed by atoms with Gasteiger partial charge in [-0.05, 0) is 30.7 Å². The first kappa shape index (κ1) is 14.0. The third-order valence-corrected chi connectivity index (χ3v) is 2.28. The molecule has 5 nitrogen and oxygen atoms in total. The van der Waals surface area contributed by atoms with E-state index in [2.05, 4.69) is 5.32 Å². The fraction of sp³-hybridized carbons (Fsp3) is 0.385. The van der Waals surface area contributed by atoms with Gasteiger partial charge in [-0.25, -0.2) is 0 Å². The molecule has 1 aromatic carbocycles. The maximum absolute atomic E-state index is 11.5. The zero-order valence-electron chi connectivity index (χ0n) is 10.4. The number of amides is 2. The quantitative estimate of drug-likeness (QED) is 0.772. The van der Waals surface area contributed by atoms with Crippen LogP contribution < -0.4 is 15.8 Å². The van der Waals surface area contributed by atoms with E-state index in [-0.39, 0.29) is 12.5 Å². The standard InChI is InChI=1S/C13H18N2O3/c1-2-3-4-13(17)15-10-5-7-11(8-6-10)18-9-12(14)16/h5-8H,2-4,9H2,1H3,(H2,14,16)(H,15,17). The van der Waals surface area contributed by atoms with Crippen LogP contribution in [-0.4, -0.2) is 18.4 Å². The third-order valence-electron chi connectivity index (χ3n) is 2.28. The summed E-state index contributed by atoms with van der Waals surface area (Å²) in [5.74, 6) is 0.0231. The molecule has 1 rings (SSSR count). The van der Waals surface area contributed by atoms with Gasteiger partial charge in [0.15, 0.2) is 6.61 Å². The largest absolute Gasteiger partial charge is 0.484 e. The van der Waals surface area contributed by atoms with Crippen LogP contribution in [0.25, 0.3) is 0 Å². The van der Waals surface area contributed by atoms with Crippen molar-refractivity contribution in [3.63, 3.8) is 0 Å². The molecule has 0 atom stereocenters. The Bertz CT molecular complexity index is 401. The predicted molar refractivity (Wildman–Crippen MR) is 69.3 cm³/mol. The molecule has 0 unspecified atom stereocenters. The van der Waals surface area contributed by atoms with Crippen LogP contribution in [0.15, 0.2) is 24.3 Å². The van der Waals surface area contributed by atoms with E-state index in [0.717, 1.165) is 12.8 Å². The number of carbonyl (C=O) groups excluding carboxylic acids is 2. The summed E-state index contributed by atoms with van der Waals surface area (Å²) in [6, 6.07) is 6.80. The number of nitrogens with two attached hydrogens (primary N) is 1. The Balaban J connectivity index is 2.44. The van der Waals surface area contributed by atoms with E-state index in [0.29, 0.717) is 17.9 Å². The molecule has 5 heteroatoms. The minimum absolute atomic E-state index is 0.00246. The molecular formula is C13H18N2O3. The summed E-state index contributed by atoms with van der Waals surface area (Å²) in [6.45, 7) is 1.89. The highest BCUT2D eigenvalue weighted by Crippen LogP contribution is 2.15. The van der Waals surface area contributed by atoms with Crippen LogP contribution in [0.2, 0.25) is 0 Å². The Morgan fingerprint density at radius 2 is 1.94 bits per heavy atom.